The molecule has 0 radical (unpaired) electrons. The van der Waals surface area contributed by atoms with E-state index in [1.807, 2.05) is 32.0 Å². The second kappa shape index (κ2) is 7.19. The summed E-state index contributed by atoms with van der Waals surface area (Å²) < 4.78 is 0. The average molecular weight is 268 g/mol. The summed E-state index contributed by atoms with van der Waals surface area (Å²) in [5.41, 5.74) is 1.88. The van der Waals surface area contributed by atoms with Gasteiger partial charge in [-0.2, -0.15) is 0 Å². The molecular weight excluding hydrogens is 250 g/mol. The number of nitrogens with one attached hydrogen (secondary N) is 1. The minimum Gasteiger partial charge on any atom is -0.391 e. The molecule has 0 aliphatic rings. The van der Waals surface area contributed by atoms with E-state index >= 15 is 0 Å². The topological polar surface area (TPSA) is 49.3 Å². The second-order valence-electron chi connectivity index (χ2n) is 4.15. The molecule has 0 aliphatic heterocycles. The zero-order valence-corrected chi connectivity index (χ0v) is 11.4. The van der Waals surface area contributed by atoms with Crippen LogP contribution in [0.25, 0.3) is 6.08 Å². The minimum atomic E-state index is -0.490. The standard InChI is InChI=1S/C14H18ClNO2/c1-3-12(17)9-16-14(18)7-6-11-5-4-10(2)13(15)8-11/h4-8,12,17H,3,9H2,1-2H3,(H,16,18)/b7-6+. The van der Waals surface area contributed by atoms with Gasteiger partial charge in [-0.05, 0) is 36.6 Å². The van der Waals surface area contributed by atoms with Gasteiger partial charge in [0.1, 0.15) is 0 Å². The van der Waals surface area contributed by atoms with Crippen LogP contribution in [0.3, 0.4) is 0 Å². The first-order chi connectivity index (χ1) is 8.52. The van der Waals surface area contributed by atoms with Crippen LogP contribution in [0.1, 0.15) is 24.5 Å². The SMILES string of the molecule is CCC(O)CNC(=O)/C=C/c1ccc(C)c(Cl)c1. The zero-order chi connectivity index (χ0) is 13.5. The number of aliphatic hydroxyl groups is 1. The van der Waals surface area contributed by atoms with E-state index in [0.29, 0.717) is 11.4 Å². The fourth-order valence-electron chi connectivity index (χ4n) is 1.31. The summed E-state index contributed by atoms with van der Waals surface area (Å²) in [7, 11) is 0. The van der Waals surface area contributed by atoms with E-state index in [9.17, 15) is 9.90 Å². The number of hydrogen-bond donors (Lipinski definition) is 2. The van der Waals surface area contributed by atoms with Gasteiger partial charge < -0.3 is 10.4 Å². The highest BCUT2D eigenvalue weighted by Gasteiger charge is 2.02. The maximum atomic E-state index is 11.4. The van der Waals surface area contributed by atoms with Gasteiger partial charge in [0.05, 0.1) is 6.10 Å². The molecule has 1 unspecified atom stereocenters. The Morgan fingerprint density at radius 3 is 2.89 bits per heavy atom. The summed E-state index contributed by atoms with van der Waals surface area (Å²) in [6, 6.07) is 5.61. The van der Waals surface area contributed by atoms with E-state index in [2.05, 4.69) is 5.32 Å². The molecule has 0 aromatic heterocycles. The number of aryl methyl sites for hydroxylation is 1. The van der Waals surface area contributed by atoms with Gasteiger partial charge in [-0.15, -0.1) is 0 Å². The summed E-state index contributed by atoms with van der Waals surface area (Å²) >= 11 is 5.98. The molecule has 1 aromatic rings. The zero-order valence-electron chi connectivity index (χ0n) is 10.6. The quantitative estimate of drug-likeness (QED) is 0.806. The Hall–Kier alpha value is -1.32. The van der Waals surface area contributed by atoms with Gasteiger partial charge in [0, 0.05) is 17.6 Å². The number of carbonyl (C=O) groups excluding carboxylic acids is 1. The molecular formula is C14H18ClNO2. The summed E-state index contributed by atoms with van der Waals surface area (Å²) in [6.07, 6.45) is 3.26. The monoisotopic (exact) mass is 267 g/mol. The normalized spacial score (nSPS) is 12.7. The molecule has 0 saturated heterocycles. The molecule has 3 nitrogen and oxygen atoms in total. The third-order valence-electron chi connectivity index (χ3n) is 2.61. The molecule has 4 heteroatoms. The first-order valence-corrected chi connectivity index (χ1v) is 6.31. The fourth-order valence-corrected chi connectivity index (χ4v) is 1.50. The maximum absolute atomic E-state index is 11.4. The van der Waals surface area contributed by atoms with E-state index in [-0.39, 0.29) is 12.5 Å². The Balaban J connectivity index is 2.53. The van der Waals surface area contributed by atoms with E-state index in [0.717, 1.165) is 11.1 Å². The van der Waals surface area contributed by atoms with Crippen LogP contribution < -0.4 is 5.32 Å². The lowest BCUT2D eigenvalue weighted by atomic mass is 10.1. The lowest BCUT2D eigenvalue weighted by Crippen LogP contribution is -2.30. The van der Waals surface area contributed by atoms with Gasteiger partial charge in [0.2, 0.25) is 5.91 Å². The number of aliphatic hydroxyl groups excluding tert-OH is 1. The van der Waals surface area contributed by atoms with E-state index in [1.165, 1.54) is 6.08 Å². The first-order valence-electron chi connectivity index (χ1n) is 5.93. The molecule has 1 atom stereocenters. The molecule has 0 heterocycles. The molecule has 0 fully saturated rings. The highest BCUT2D eigenvalue weighted by molar-refractivity contribution is 6.31. The van der Waals surface area contributed by atoms with Crippen molar-refractivity contribution < 1.29 is 9.90 Å². The number of amides is 1. The smallest absolute Gasteiger partial charge is 0.244 e. The van der Waals surface area contributed by atoms with Crippen LogP contribution in [0, 0.1) is 6.92 Å². The number of benzene rings is 1. The van der Waals surface area contributed by atoms with Crippen LogP contribution in [0.4, 0.5) is 0 Å². The van der Waals surface area contributed by atoms with Gasteiger partial charge in [-0.25, -0.2) is 0 Å². The van der Waals surface area contributed by atoms with Crippen LogP contribution in [0.15, 0.2) is 24.3 Å². The second-order valence-corrected chi connectivity index (χ2v) is 4.56. The highest BCUT2D eigenvalue weighted by Crippen LogP contribution is 2.17. The summed E-state index contributed by atoms with van der Waals surface area (Å²) in [5.74, 6) is -0.223. The average Bonchev–Trinajstić information content (AvgIpc) is 2.37. The van der Waals surface area contributed by atoms with Crippen LogP contribution in [0.2, 0.25) is 5.02 Å². The Morgan fingerprint density at radius 2 is 2.28 bits per heavy atom. The number of hydrogen-bond acceptors (Lipinski definition) is 2. The minimum absolute atomic E-state index is 0.223. The van der Waals surface area contributed by atoms with Crippen molar-refractivity contribution >= 4 is 23.6 Å². The molecule has 0 spiro atoms. The predicted octanol–water partition coefficient (Wildman–Crippen LogP) is 2.55. The molecule has 0 aliphatic carbocycles. The van der Waals surface area contributed by atoms with E-state index in [4.69, 9.17) is 11.6 Å². The lowest BCUT2D eigenvalue weighted by Gasteiger charge is -2.07. The molecule has 1 aromatic carbocycles. The van der Waals surface area contributed by atoms with Crippen molar-refractivity contribution in [1.29, 1.82) is 0 Å². The van der Waals surface area contributed by atoms with Gasteiger partial charge in [0.25, 0.3) is 0 Å². The predicted molar refractivity (Wildman–Crippen MR) is 74.5 cm³/mol. The molecule has 98 valence electrons. The van der Waals surface area contributed by atoms with Gasteiger partial charge in [0.15, 0.2) is 0 Å². The molecule has 1 amide bonds. The molecule has 2 N–H and O–H groups in total. The summed E-state index contributed by atoms with van der Waals surface area (Å²) in [4.78, 5) is 11.4. The number of rotatable bonds is 5. The highest BCUT2D eigenvalue weighted by atomic mass is 35.5. The van der Waals surface area contributed by atoms with E-state index in [1.54, 1.807) is 6.08 Å². The number of halogens is 1. The first kappa shape index (κ1) is 14.7. The molecule has 18 heavy (non-hydrogen) atoms. The van der Waals surface area contributed by atoms with Crippen molar-refractivity contribution in [3.63, 3.8) is 0 Å². The van der Waals surface area contributed by atoms with E-state index < -0.39 is 6.10 Å². The molecule has 0 bridgehead atoms. The van der Waals surface area contributed by atoms with Crippen LogP contribution in [-0.2, 0) is 4.79 Å². The third-order valence-corrected chi connectivity index (χ3v) is 3.01. The van der Waals surface area contributed by atoms with Crippen LogP contribution in [0.5, 0.6) is 0 Å². The van der Waals surface area contributed by atoms with Crippen molar-refractivity contribution in [2.45, 2.75) is 26.4 Å². The van der Waals surface area contributed by atoms with Crippen molar-refractivity contribution in [3.05, 3.63) is 40.4 Å². The Bertz CT molecular complexity index is 443. The Morgan fingerprint density at radius 1 is 1.56 bits per heavy atom. The fraction of sp³-hybridized carbons (Fsp3) is 0.357. The van der Waals surface area contributed by atoms with Crippen molar-refractivity contribution in [3.8, 4) is 0 Å². The summed E-state index contributed by atoms with van der Waals surface area (Å²) in [5, 5.41) is 12.6. The van der Waals surface area contributed by atoms with Crippen LogP contribution in [-0.4, -0.2) is 23.7 Å². The van der Waals surface area contributed by atoms with Crippen molar-refractivity contribution in [2.75, 3.05) is 6.54 Å². The Labute approximate surface area is 112 Å². The van der Waals surface area contributed by atoms with Crippen molar-refractivity contribution in [1.82, 2.24) is 5.32 Å². The summed E-state index contributed by atoms with van der Waals surface area (Å²) in [6.45, 7) is 4.06. The van der Waals surface area contributed by atoms with Gasteiger partial charge in [-0.1, -0.05) is 30.7 Å². The Kier molecular flexibility index (Phi) is 5.89. The third kappa shape index (κ3) is 4.90. The molecule has 0 saturated carbocycles. The number of carbonyl (C=O) groups is 1. The van der Waals surface area contributed by atoms with Crippen LogP contribution >= 0.6 is 11.6 Å². The largest absolute Gasteiger partial charge is 0.391 e. The van der Waals surface area contributed by atoms with Gasteiger partial charge in [-0.3, -0.25) is 4.79 Å². The molecule has 1 rings (SSSR count). The van der Waals surface area contributed by atoms with Crippen molar-refractivity contribution in [2.24, 2.45) is 0 Å². The lowest BCUT2D eigenvalue weighted by molar-refractivity contribution is -0.116. The maximum Gasteiger partial charge on any atom is 0.244 e. The van der Waals surface area contributed by atoms with Gasteiger partial charge >= 0.3 is 0 Å².